The van der Waals surface area contributed by atoms with E-state index in [9.17, 15) is 0 Å². The van der Waals surface area contributed by atoms with Crippen molar-refractivity contribution in [1.29, 1.82) is 0 Å². The fourth-order valence-corrected chi connectivity index (χ4v) is 3.22. The summed E-state index contributed by atoms with van der Waals surface area (Å²) in [4.78, 5) is 4.55. The number of aromatic nitrogens is 2. The topological polar surface area (TPSA) is 64.9 Å². The lowest BCUT2D eigenvalue weighted by Crippen LogP contribution is -2.18. The second-order valence-electron chi connectivity index (χ2n) is 7.08. The van der Waals surface area contributed by atoms with E-state index < -0.39 is 0 Å². The summed E-state index contributed by atoms with van der Waals surface area (Å²) in [5, 5.41) is 4.17. The summed E-state index contributed by atoms with van der Waals surface area (Å²) in [6.07, 6.45) is 5.82. The third-order valence-electron chi connectivity index (χ3n) is 4.58. The molecule has 0 aromatic carbocycles. The van der Waals surface area contributed by atoms with Crippen LogP contribution in [0.1, 0.15) is 83.5 Å². The highest BCUT2D eigenvalue weighted by Gasteiger charge is 2.28. The van der Waals surface area contributed by atoms with E-state index in [0.717, 1.165) is 24.1 Å². The summed E-state index contributed by atoms with van der Waals surface area (Å²) in [7, 11) is 0. The van der Waals surface area contributed by atoms with E-state index in [2.05, 4.69) is 37.8 Å². The van der Waals surface area contributed by atoms with E-state index >= 15 is 0 Å². The van der Waals surface area contributed by atoms with Crippen molar-refractivity contribution < 1.29 is 4.52 Å². The standard InChI is InChI=1S/C16H29N3O/c1-10(2)9-14(17)16-18-15(19-20-16)13-7-5-12(6-8-13)11(3)4/h10-14H,5-9,17H2,1-4H3/t12?,13?,14-/m0/s1. The van der Waals surface area contributed by atoms with Crippen molar-refractivity contribution in [3.63, 3.8) is 0 Å². The smallest absolute Gasteiger partial charge is 0.243 e. The van der Waals surface area contributed by atoms with Gasteiger partial charge in [-0.15, -0.1) is 0 Å². The van der Waals surface area contributed by atoms with Crippen LogP contribution in [-0.4, -0.2) is 10.1 Å². The summed E-state index contributed by atoms with van der Waals surface area (Å²) in [6, 6.07) is -0.122. The normalized spacial score (nSPS) is 25.4. The first-order valence-corrected chi connectivity index (χ1v) is 8.06. The van der Waals surface area contributed by atoms with E-state index in [1.54, 1.807) is 0 Å². The fourth-order valence-electron chi connectivity index (χ4n) is 3.22. The van der Waals surface area contributed by atoms with Crippen molar-refractivity contribution in [2.45, 2.75) is 71.8 Å². The lowest BCUT2D eigenvalue weighted by atomic mass is 9.77. The molecule has 114 valence electrons. The van der Waals surface area contributed by atoms with Crippen LogP contribution in [0.15, 0.2) is 4.52 Å². The molecule has 1 aliphatic rings. The van der Waals surface area contributed by atoms with Gasteiger partial charge in [0.2, 0.25) is 5.89 Å². The minimum Gasteiger partial charge on any atom is -0.338 e. The lowest BCUT2D eigenvalue weighted by molar-refractivity contribution is 0.251. The van der Waals surface area contributed by atoms with E-state index in [-0.39, 0.29) is 6.04 Å². The molecule has 2 N–H and O–H groups in total. The van der Waals surface area contributed by atoms with E-state index in [4.69, 9.17) is 10.3 Å². The Labute approximate surface area is 122 Å². The molecule has 1 aliphatic carbocycles. The average molecular weight is 279 g/mol. The summed E-state index contributed by atoms with van der Waals surface area (Å²) in [5.74, 6) is 4.15. The van der Waals surface area contributed by atoms with Crippen LogP contribution < -0.4 is 5.73 Å². The van der Waals surface area contributed by atoms with Gasteiger partial charge in [-0.2, -0.15) is 4.98 Å². The molecule has 4 heteroatoms. The first-order valence-electron chi connectivity index (χ1n) is 8.06. The third kappa shape index (κ3) is 3.81. The monoisotopic (exact) mass is 279 g/mol. The minimum absolute atomic E-state index is 0.122. The molecule has 0 spiro atoms. The Morgan fingerprint density at radius 3 is 2.35 bits per heavy atom. The number of hydrogen-bond acceptors (Lipinski definition) is 4. The van der Waals surface area contributed by atoms with Gasteiger partial charge in [0, 0.05) is 5.92 Å². The minimum atomic E-state index is -0.122. The van der Waals surface area contributed by atoms with E-state index in [0.29, 0.717) is 17.7 Å². The molecule has 0 bridgehead atoms. The van der Waals surface area contributed by atoms with Crippen LogP contribution in [0.3, 0.4) is 0 Å². The van der Waals surface area contributed by atoms with Gasteiger partial charge in [-0.05, 0) is 49.9 Å². The Kier molecular flexibility index (Phi) is 5.19. The molecule has 0 radical (unpaired) electrons. The molecular formula is C16H29N3O. The molecule has 0 amide bonds. The summed E-state index contributed by atoms with van der Waals surface area (Å²) >= 11 is 0. The van der Waals surface area contributed by atoms with Gasteiger partial charge < -0.3 is 10.3 Å². The molecule has 1 fully saturated rings. The largest absolute Gasteiger partial charge is 0.338 e. The molecule has 1 aromatic heterocycles. The van der Waals surface area contributed by atoms with Crippen molar-refractivity contribution in [1.82, 2.24) is 10.1 Å². The Hall–Kier alpha value is -0.900. The average Bonchev–Trinajstić information content (AvgIpc) is 2.87. The van der Waals surface area contributed by atoms with Gasteiger partial charge >= 0.3 is 0 Å². The lowest BCUT2D eigenvalue weighted by Gasteiger charge is -2.29. The van der Waals surface area contributed by atoms with Crippen molar-refractivity contribution >= 4 is 0 Å². The molecule has 4 nitrogen and oxygen atoms in total. The highest BCUT2D eigenvalue weighted by Crippen LogP contribution is 2.37. The first-order chi connectivity index (χ1) is 9.47. The molecular weight excluding hydrogens is 250 g/mol. The highest BCUT2D eigenvalue weighted by atomic mass is 16.5. The number of nitrogens with two attached hydrogens (primary N) is 1. The zero-order valence-corrected chi connectivity index (χ0v) is 13.3. The molecule has 1 heterocycles. The quantitative estimate of drug-likeness (QED) is 0.883. The van der Waals surface area contributed by atoms with Gasteiger partial charge in [0.1, 0.15) is 0 Å². The van der Waals surface area contributed by atoms with Gasteiger partial charge in [0.25, 0.3) is 0 Å². The predicted molar refractivity (Wildman–Crippen MR) is 80.2 cm³/mol. The second kappa shape index (κ2) is 6.70. The Balaban J connectivity index is 1.93. The van der Waals surface area contributed by atoms with Crippen molar-refractivity contribution in [2.75, 3.05) is 0 Å². The summed E-state index contributed by atoms with van der Waals surface area (Å²) < 4.78 is 5.37. The molecule has 0 saturated heterocycles. The van der Waals surface area contributed by atoms with Crippen LogP contribution in [0, 0.1) is 17.8 Å². The zero-order valence-electron chi connectivity index (χ0n) is 13.3. The number of rotatable bonds is 5. The predicted octanol–water partition coefficient (Wildman–Crippen LogP) is 4.05. The molecule has 0 unspecified atom stereocenters. The van der Waals surface area contributed by atoms with Crippen LogP contribution in [0.4, 0.5) is 0 Å². The van der Waals surface area contributed by atoms with Crippen LogP contribution in [0.5, 0.6) is 0 Å². The van der Waals surface area contributed by atoms with Crippen LogP contribution in [0.25, 0.3) is 0 Å². The molecule has 1 saturated carbocycles. The first kappa shape index (κ1) is 15.5. The molecule has 2 rings (SSSR count). The van der Waals surface area contributed by atoms with Gasteiger partial charge in [-0.3, -0.25) is 0 Å². The fraction of sp³-hybridized carbons (Fsp3) is 0.875. The molecule has 0 aliphatic heterocycles. The van der Waals surface area contributed by atoms with Gasteiger partial charge in [0.15, 0.2) is 5.82 Å². The maximum atomic E-state index is 6.10. The summed E-state index contributed by atoms with van der Waals surface area (Å²) in [6.45, 7) is 8.96. The maximum absolute atomic E-state index is 6.10. The van der Waals surface area contributed by atoms with Gasteiger partial charge in [-0.1, -0.05) is 32.9 Å². The van der Waals surface area contributed by atoms with Crippen molar-refractivity contribution in [3.8, 4) is 0 Å². The van der Waals surface area contributed by atoms with Crippen molar-refractivity contribution in [3.05, 3.63) is 11.7 Å². The van der Waals surface area contributed by atoms with Crippen LogP contribution in [-0.2, 0) is 0 Å². The van der Waals surface area contributed by atoms with E-state index in [1.807, 2.05) is 0 Å². The molecule has 1 aromatic rings. The van der Waals surface area contributed by atoms with Crippen LogP contribution in [0.2, 0.25) is 0 Å². The zero-order chi connectivity index (χ0) is 14.7. The Morgan fingerprint density at radius 2 is 1.80 bits per heavy atom. The SMILES string of the molecule is CC(C)C[C@H](N)c1nc(C2CCC(C(C)C)CC2)no1. The molecule has 1 atom stereocenters. The third-order valence-corrected chi connectivity index (χ3v) is 4.58. The second-order valence-corrected chi connectivity index (χ2v) is 7.08. The maximum Gasteiger partial charge on any atom is 0.243 e. The highest BCUT2D eigenvalue weighted by molar-refractivity contribution is 5.00. The van der Waals surface area contributed by atoms with E-state index in [1.165, 1.54) is 25.7 Å². The Bertz CT molecular complexity index is 406. The van der Waals surface area contributed by atoms with Crippen molar-refractivity contribution in [2.24, 2.45) is 23.5 Å². The number of nitrogens with zero attached hydrogens (tertiary/aromatic N) is 2. The van der Waals surface area contributed by atoms with Gasteiger partial charge in [-0.25, -0.2) is 0 Å². The summed E-state index contributed by atoms with van der Waals surface area (Å²) in [5.41, 5.74) is 6.10. The van der Waals surface area contributed by atoms with Gasteiger partial charge in [0.05, 0.1) is 6.04 Å². The Morgan fingerprint density at radius 1 is 1.15 bits per heavy atom. The van der Waals surface area contributed by atoms with Crippen LogP contribution >= 0.6 is 0 Å². The molecule has 20 heavy (non-hydrogen) atoms. The number of hydrogen-bond donors (Lipinski definition) is 1.